The number of carbonyl (C=O) groups is 1. The van der Waals surface area contributed by atoms with Crippen molar-refractivity contribution in [2.24, 2.45) is 0 Å². The second kappa shape index (κ2) is 8.52. The maximum Gasteiger partial charge on any atom is 0.274 e. The second-order valence-corrected chi connectivity index (χ2v) is 6.49. The minimum absolute atomic E-state index is 0.292. The van der Waals surface area contributed by atoms with Gasteiger partial charge < -0.3 is 15.4 Å². The highest BCUT2D eigenvalue weighted by molar-refractivity contribution is 6.03. The van der Waals surface area contributed by atoms with Crippen molar-refractivity contribution < 1.29 is 9.53 Å². The maximum atomic E-state index is 12.7. The molecule has 0 aliphatic carbocycles. The molecule has 1 heterocycles. The molecule has 6 nitrogen and oxygen atoms in total. The van der Waals surface area contributed by atoms with Crippen LogP contribution in [0.4, 0.5) is 17.2 Å². The Morgan fingerprint density at radius 2 is 1.68 bits per heavy atom. The average molecular weight is 376 g/mol. The van der Waals surface area contributed by atoms with Crippen LogP contribution in [0.1, 0.15) is 34.4 Å². The van der Waals surface area contributed by atoms with E-state index in [0.29, 0.717) is 29.6 Å². The summed E-state index contributed by atoms with van der Waals surface area (Å²) < 4.78 is 5.42. The number of carbonyl (C=O) groups excluding carboxylic acids is 1. The van der Waals surface area contributed by atoms with E-state index in [1.165, 1.54) is 0 Å². The summed E-state index contributed by atoms with van der Waals surface area (Å²) in [5.41, 5.74) is 4.18. The molecule has 1 amide bonds. The van der Waals surface area contributed by atoms with Gasteiger partial charge in [0.2, 0.25) is 0 Å². The van der Waals surface area contributed by atoms with E-state index in [9.17, 15) is 4.79 Å². The molecular weight excluding hydrogens is 352 g/mol. The van der Waals surface area contributed by atoms with E-state index in [4.69, 9.17) is 4.74 Å². The van der Waals surface area contributed by atoms with Gasteiger partial charge in [-0.05, 0) is 63.1 Å². The number of benzene rings is 2. The monoisotopic (exact) mass is 376 g/mol. The number of hydrogen-bond acceptors (Lipinski definition) is 5. The molecule has 0 fully saturated rings. The molecule has 3 rings (SSSR count). The molecule has 144 valence electrons. The predicted molar refractivity (Wildman–Crippen MR) is 112 cm³/mol. The number of rotatable bonds is 6. The fourth-order valence-electron chi connectivity index (χ4n) is 2.88. The molecule has 0 bridgehead atoms. The first-order valence-electron chi connectivity index (χ1n) is 9.19. The lowest BCUT2D eigenvalue weighted by molar-refractivity contribution is 0.102. The smallest absolute Gasteiger partial charge is 0.274 e. The number of nitrogens with zero attached hydrogens (tertiary/aromatic N) is 2. The summed E-state index contributed by atoms with van der Waals surface area (Å²) in [6.07, 6.45) is 0. The number of nitrogens with one attached hydrogen (secondary N) is 2. The zero-order valence-corrected chi connectivity index (χ0v) is 16.5. The number of anilines is 3. The highest BCUT2D eigenvalue weighted by atomic mass is 16.5. The van der Waals surface area contributed by atoms with E-state index >= 15 is 0 Å². The van der Waals surface area contributed by atoms with Gasteiger partial charge in [0.1, 0.15) is 23.1 Å². The van der Waals surface area contributed by atoms with Gasteiger partial charge in [-0.2, -0.15) is 0 Å². The third-order valence-electron chi connectivity index (χ3n) is 4.23. The molecule has 2 aromatic carbocycles. The molecule has 6 heteroatoms. The molecule has 1 aromatic heterocycles. The van der Waals surface area contributed by atoms with Crippen LogP contribution >= 0.6 is 0 Å². The van der Waals surface area contributed by atoms with Crippen molar-refractivity contribution in [3.63, 3.8) is 0 Å². The van der Waals surface area contributed by atoms with Crippen LogP contribution in [0.3, 0.4) is 0 Å². The van der Waals surface area contributed by atoms with Crippen molar-refractivity contribution in [2.75, 3.05) is 17.2 Å². The first kappa shape index (κ1) is 19.4. The molecular formula is C22H24N4O2. The molecule has 0 aliphatic rings. The van der Waals surface area contributed by atoms with Crippen molar-refractivity contribution in [1.29, 1.82) is 0 Å². The zero-order chi connectivity index (χ0) is 20.1. The highest BCUT2D eigenvalue weighted by Crippen LogP contribution is 2.24. The van der Waals surface area contributed by atoms with Gasteiger partial charge in [0.15, 0.2) is 0 Å². The van der Waals surface area contributed by atoms with Gasteiger partial charge in [-0.25, -0.2) is 9.97 Å². The van der Waals surface area contributed by atoms with Crippen molar-refractivity contribution in [1.82, 2.24) is 9.97 Å². The van der Waals surface area contributed by atoms with Crippen LogP contribution in [0.5, 0.6) is 5.75 Å². The SMILES string of the molecule is CCOc1ccc(NC(=O)c2cc(Nc3c(C)cccc3C)nc(C)n2)cc1. The number of para-hydroxylation sites is 1. The molecule has 2 N–H and O–H groups in total. The van der Waals surface area contributed by atoms with Crippen molar-refractivity contribution in [2.45, 2.75) is 27.7 Å². The van der Waals surface area contributed by atoms with Crippen LogP contribution in [-0.2, 0) is 0 Å². The molecule has 0 aliphatic heterocycles. The van der Waals surface area contributed by atoms with Crippen LogP contribution < -0.4 is 15.4 Å². The van der Waals surface area contributed by atoms with E-state index in [1.807, 2.05) is 51.1 Å². The molecule has 0 saturated heterocycles. The van der Waals surface area contributed by atoms with Gasteiger partial charge in [-0.1, -0.05) is 18.2 Å². The van der Waals surface area contributed by atoms with E-state index in [1.54, 1.807) is 25.1 Å². The Hall–Kier alpha value is -3.41. The lowest BCUT2D eigenvalue weighted by Crippen LogP contribution is -2.15. The molecule has 0 unspecified atom stereocenters. The maximum absolute atomic E-state index is 12.7. The minimum Gasteiger partial charge on any atom is -0.494 e. The Labute approximate surface area is 165 Å². The van der Waals surface area contributed by atoms with E-state index < -0.39 is 0 Å². The molecule has 28 heavy (non-hydrogen) atoms. The fraction of sp³-hybridized carbons (Fsp3) is 0.227. The first-order valence-corrected chi connectivity index (χ1v) is 9.19. The van der Waals surface area contributed by atoms with Gasteiger partial charge in [0.25, 0.3) is 5.91 Å². The van der Waals surface area contributed by atoms with Gasteiger partial charge in [0.05, 0.1) is 6.61 Å². The van der Waals surface area contributed by atoms with Gasteiger partial charge in [-0.3, -0.25) is 4.79 Å². The summed E-state index contributed by atoms with van der Waals surface area (Å²) in [5.74, 6) is 1.58. The van der Waals surface area contributed by atoms with Crippen molar-refractivity contribution >= 4 is 23.1 Å². The fourth-order valence-corrected chi connectivity index (χ4v) is 2.88. The normalized spacial score (nSPS) is 10.4. The Kier molecular flexibility index (Phi) is 5.89. The Bertz CT molecular complexity index is 964. The zero-order valence-electron chi connectivity index (χ0n) is 16.5. The topological polar surface area (TPSA) is 76.1 Å². The Morgan fingerprint density at radius 3 is 2.32 bits per heavy atom. The number of aryl methyl sites for hydroxylation is 3. The summed E-state index contributed by atoms with van der Waals surface area (Å²) in [7, 11) is 0. The summed E-state index contributed by atoms with van der Waals surface area (Å²) in [4.78, 5) is 21.3. The highest BCUT2D eigenvalue weighted by Gasteiger charge is 2.12. The predicted octanol–water partition coefficient (Wildman–Crippen LogP) is 4.80. The van der Waals surface area contributed by atoms with Gasteiger partial charge in [0, 0.05) is 17.4 Å². The number of hydrogen-bond donors (Lipinski definition) is 2. The van der Waals surface area contributed by atoms with Gasteiger partial charge >= 0.3 is 0 Å². The van der Waals surface area contributed by atoms with Crippen LogP contribution in [0.2, 0.25) is 0 Å². The third-order valence-corrected chi connectivity index (χ3v) is 4.23. The lowest BCUT2D eigenvalue weighted by atomic mass is 10.1. The first-order chi connectivity index (χ1) is 13.5. The summed E-state index contributed by atoms with van der Waals surface area (Å²) >= 11 is 0. The molecule has 0 radical (unpaired) electrons. The van der Waals surface area contributed by atoms with Crippen LogP contribution in [0.25, 0.3) is 0 Å². The minimum atomic E-state index is -0.292. The van der Waals surface area contributed by atoms with Crippen LogP contribution in [-0.4, -0.2) is 22.5 Å². The molecule has 3 aromatic rings. The Balaban J connectivity index is 1.79. The van der Waals surface area contributed by atoms with Crippen molar-refractivity contribution in [3.8, 4) is 5.75 Å². The Morgan fingerprint density at radius 1 is 1.00 bits per heavy atom. The molecule has 0 spiro atoms. The van der Waals surface area contributed by atoms with Crippen LogP contribution in [0.15, 0.2) is 48.5 Å². The number of ether oxygens (including phenoxy) is 1. The average Bonchev–Trinajstić information content (AvgIpc) is 2.66. The summed E-state index contributed by atoms with van der Waals surface area (Å²) in [5, 5.41) is 6.17. The third kappa shape index (κ3) is 4.65. The molecule has 0 atom stereocenters. The summed E-state index contributed by atoms with van der Waals surface area (Å²) in [6, 6.07) is 15.0. The quantitative estimate of drug-likeness (QED) is 0.646. The largest absolute Gasteiger partial charge is 0.494 e. The molecule has 0 saturated carbocycles. The van der Waals surface area contributed by atoms with E-state index in [-0.39, 0.29) is 5.91 Å². The number of aromatic nitrogens is 2. The van der Waals surface area contributed by atoms with E-state index in [0.717, 1.165) is 22.6 Å². The van der Waals surface area contributed by atoms with Crippen LogP contribution in [0, 0.1) is 20.8 Å². The number of amides is 1. The van der Waals surface area contributed by atoms with Crippen molar-refractivity contribution in [3.05, 3.63) is 71.2 Å². The lowest BCUT2D eigenvalue weighted by Gasteiger charge is -2.13. The standard InChI is InChI=1S/C22H24N4O2/c1-5-28-18-11-9-17(10-12-18)25-22(27)19-13-20(24-16(4)23-19)26-21-14(2)7-6-8-15(21)3/h6-13H,5H2,1-4H3,(H,25,27)(H,23,24,26). The van der Waals surface area contributed by atoms with Gasteiger partial charge in [-0.15, -0.1) is 0 Å². The van der Waals surface area contributed by atoms with E-state index in [2.05, 4.69) is 20.6 Å². The summed E-state index contributed by atoms with van der Waals surface area (Å²) in [6.45, 7) is 8.36. The second-order valence-electron chi connectivity index (χ2n) is 6.49.